The van der Waals surface area contributed by atoms with Crippen molar-refractivity contribution in [3.05, 3.63) is 48.0 Å². The van der Waals surface area contributed by atoms with Crippen LogP contribution in [-0.4, -0.2) is 24.6 Å². The first kappa shape index (κ1) is 19.6. The normalized spacial score (nSPS) is 20.0. The highest BCUT2D eigenvalue weighted by Crippen LogP contribution is 2.45. The van der Waals surface area contributed by atoms with Crippen LogP contribution in [0, 0.1) is 0 Å². The van der Waals surface area contributed by atoms with Crippen molar-refractivity contribution in [3.63, 3.8) is 0 Å². The molecule has 0 amide bonds. The van der Waals surface area contributed by atoms with Crippen LogP contribution in [-0.2, 0) is 6.54 Å². The van der Waals surface area contributed by atoms with Gasteiger partial charge in [-0.05, 0) is 18.4 Å². The lowest BCUT2D eigenvalue weighted by Gasteiger charge is -2.44. The highest BCUT2D eigenvalue weighted by molar-refractivity contribution is 6.10. The molecule has 0 saturated heterocycles. The molecule has 1 spiro atoms. The highest BCUT2D eigenvalue weighted by Gasteiger charge is 2.41. The fourth-order valence-corrected chi connectivity index (χ4v) is 4.32. The van der Waals surface area contributed by atoms with E-state index in [9.17, 15) is 0 Å². The lowest BCUT2D eigenvalue weighted by molar-refractivity contribution is 0.172. The second-order valence-electron chi connectivity index (χ2n) is 7.58. The Bertz CT molecular complexity index is 858. The monoisotopic (exact) mass is 393 g/mol. The van der Waals surface area contributed by atoms with Gasteiger partial charge < -0.3 is 20.1 Å². The van der Waals surface area contributed by atoms with E-state index in [4.69, 9.17) is 14.5 Å². The molecule has 2 heterocycles. The third-order valence-corrected chi connectivity index (χ3v) is 5.73. The molecule has 0 bridgehead atoms. The molecule has 154 valence electrons. The first-order valence-corrected chi connectivity index (χ1v) is 10.9. The molecule has 2 aromatic rings. The average molecular weight is 394 g/mol. The molecule has 0 aromatic heterocycles. The van der Waals surface area contributed by atoms with Crippen molar-refractivity contribution in [2.75, 3.05) is 23.8 Å². The standard InChI is InChI=1S/C22H25N3O2.C2H6/c1-3-7-16(8-4-1)15-23-21-22(9-5-2-6-10-22)25-18-14-20-19(13-17(18)24-21)26-11-12-27-20;1-2/h1,3-4,7-8,13-14,25H,2,5-6,9-12,15H2,(H,23,24);1-2H3. The van der Waals surface area contributed by atoms with E-state index < -0.39 is 0 Å². The molecule has 29 heavy (non-hydrogen) atoms. The first-order chi connectivity index (χ1) is 14.3. The fraction of sp³-hybridized carbons (Fsp3) is 0.458. The largest absolute Gasteiger partial charge is 0.486 e. The molecule has 2 aliphatic heterocycles. The minimum absolute atomic E-state index is 0.107. The van der Waals surface area contributed by atoms with Gasteiger partial charge in [0.25, 0.3) is 0 Å². The smallest absolute Gasteiger partial charge is 0.163 e. The Morgan fingerprint density at radius 1 is 0.897 bits per heavy atom. The topological polar surface area (TPSA) is 54.9 Å². The second-order valence-corrected chi connectivity index (χ2v) is 7.58. The third-order valence-electron chi connectivity index (χ3n) is 5.73. The Hall–Kier alpha value is -2.69. The Kier molecular flexibility index (Phi) is 5.93. The number of nitrogens with zero attached hydrogens (tertiary/aromatic N) is 1. The first-order valence-electron chi connectivity index (χ1n) is 10.9. The molecule has 1 aliphatic carbocycles. The Labute approximate surface area is 173 Å². The summed E-state index contributed by atoms with van der Waals surface area (Å²) in [5.41, 5.74) is 3.22. The van der Waals surface area contributed by atoms with Crippen molar-refractivity contribution in [3.8, 4) is 11.5 Å². The summed E-state index contributed by atoms with van der Waals surface area (Å²) >= 11 is 0. The van der Waals surface area contributed by atoms with Gasteiger partial charge in [0.2, 0.25) is 0 Å². The number of hydrogen-bond donors (Lipinski definition) is 2. The van der Waals surface area contributed by atoms with Gasteiger partial charge in [0, 0.05) is 12.1 Å². The maximum absolute atomic E-state index is 5.77. The SMILES string of the molecule is CC.c1ccc(CN=C2Nc3cc4c(cc3NC23CCCCC3)OCCO4)cc1. The molecule has 2 N–H and O–H groups in total. The van der Waals surface area contributed by atoms with Gasteiger partial charge in [-0.25, -0.2) is 0 Å². The Morgan fingerprint density at radius 2 is 1.55 bits per heavy atom. The number of aliphatic imine (C=N–C) groups is 1. The molecule has 2 aromatic carbocycles. The van der Waals surface area contributed by atoms with Gasteiger partial charge in [0.05, 0.1) is 23.5 Å². The van der Waals surface area contributed by atoms with Crippen LogP contribution in [0.2, 0.25) is 0 Å². The van der Waals surface area contributed by atoms with E-state index in [0.29, 0.717) is 19.8 Å². The van der Waals surface area contributed by atoms with Crippen molar-refractivity contribution in [2.24, 2.45) is 4.99 Å². The van der Waals surface area contributed by atoms with Crippen LogP contribution in [0.5, 0.6) is 11.5 Å². The summed E-state index contributed by atoms with van der Waals surface area (Å²) in [4.78, 5) is 5.01. The summed E-state index contributed by atoms with van der Waals surface area (Å²) in [5, 5.41) is 7.45. The zero-order valence-corrected chi connectivity index (χ0v) is 17.5. The van der Waals surface area contributed by atoms with Crippen LogP contribution < -0.4 is 20.1 Å². The van der Waals surface area contributed by atoms with Gasteiger partial charge in [-0.2, -0.15) is 0 Å². The molecule has 0 radical (unpaired) electrons. The summed E-state index contributed by atoms with van der Waals surface area (Å²) < 4.78 is 11.5. The number of ether oxygens (including phenoxy) is 2. The third kappa shape index (κ3) is 4.04. The lowest BCUT2D eigenvalue weighted by Crippen LogP contribution is -2.53. The van der Waals surface area contributed by atoms with Gasteiger partial charge in [-0.3, -0.25) is 4.99 Å². The van der Waals surface area contributed by atoms with Crippen LogP contribution in [0.3, 0.4) is 0 Å². The Morgan fingerprint density at radius 3 is 2.24 bits per heavy atom. The number of rotatable bonds is 2. The lowest BCUT2D eigenvalue weighted by atomic mass is 9.79. The van der Waals surface area contributed by atoms with Crippen molar-refractivity contribution < 1.29 is 9.47 Å². The molecule has 5 heteroatoms. The predicted molar refractivity (Wildman–Crippen MR) is 119 cm³/mol. The molecule has 1 saturated carbocycles. The quantitative estimate of drug-likeness (QED) is 0.695. The van der Waals surface area contributed by atoms with Gasteiger partial charge >= 0.3 is 0 Å². The summed E-state index contributed by atoms with van der Waals surface area (Å²) in [6.07, 6.45) is 5.93. The summed E-state index contributed by atoms with van der Waals surface area (Å²) in [6, 6.07) is 14.5. The van der Waals surface area contributed by atoms with Crippen LogP contribution in [0.1, 0.15) is 51.5 Å². The summed E-state index contributed by atoms with van der Waals surface area (Å²) in [7, 11) is 0. The molecule has 1 fully saturated rings. The van der Waals surface area contributed by atoms with Crippen molar-refractivity contribution in [2.45, 2.75) is 58.0 Å². The fourth-order valence-electron chi connectivity index (χ4n) is 4.32. The predicted octanol–water partition coefficient (Wildman–Crippen LogP) is 5.62. The van der Waals surface area contributed by atoms with Gasteiger partial charge in [0.1, 0.15) is 19.0 Å². The van der Waals surface area contributed by atoms with Crippen molar-refractivity contribution >= 4 is 17.2 Å². The molecule has 0 atom stereocenters. The summed E-state index contributed by atoms with van der Waals surface area (Å²) in [5.74, 6) is 2.68. The number of nitrogens with one attached hydrogen (secondary N) is 2. The van der Waals surface area contributed by atoms with Gasteiger partial charge in [0.15, 0.2) is 11.5 Å². The second kappa shape index (κ2) is 8.76. The van der Waals surface area contributed by atoms with Crippen LogP contribution >= 0.6 is 0 Å². The minimum Gasteiger partial charge on any atom is -0.486 e. The molecule has 5 rings (SSSR count). The number of anilines is 2. The van der Waals surface area contributed by atoms with E-state index in [0.717, 1.165) is 41.6 Å². The van der Waals surface area contributed by atoms with E-state index in [-0.39, 0.29) is 5.54 Å². The maximum atomic E-state index is 5.77. The number of fused-ring (bicyclic) bond motifs is 2. The molecule has 0 unspecified atom stereocenters. The van der Waals surface area contributed by atoms with Crippen LogP contribution in [0.15, 0.2) is 47.5 Å². The van der Waals surface area contributed by atoms with Crippen molar-refractivity contribution in [1.82, 2.24) is 0 Å². The number of amidine groups is 1. The van der Waals surface area contributed by atoms with Gasteiger partial charge in [-0.15, -0.1) is 0 Å². The van der Waals surface area contributed by atoms with Crippen LogP contribution in [0.4, 0.5) is 11.4 Å². The average Bonchev–Trinajstić information content (AvgIpc) is 2.79. The van der Waals surface area contributed by atoms with E-state index in [1.54, 1.807) is 0 Å². The van der Waals surface area contributed by atoms with Gasteiger partial charge in [-0.1, -0.05) is 63.4 Å². The number of benzene rings is 2. The number of hydrogen-bond acceptors (Lipinski definition) is 4. The highest BCUT2D eigenvalue weighted by atomic mass is 16.6. The van der Waals surface area contributed by atoms with Crippen LogP contribution in [0.25, 0.3) is 0 Å². The molecular formula is C24H31N3O2. The van der Waals surface area contributed by atoms with E-state index in [2.05, 4.69) is 41.0 Å². The van der Waals surface area contributed by atoms with E-state index >= 15 is 0 Å². The zero-order chi connectivity index (χ0) is 20.1. The molecule has 5 nitrogen and oxygen atoms in total. The van der Waals surface area contributed by atoms with E-state index in [1.165, 1.54) is 24.8 Å². The molecule has 3 aliphatic rings. The zero-order valence-electron chi connectivity index (χ0n) is 17.5. The minimum atomic E-state index is -0.107. The van der Waals surface area contributed by atoms with E-state index in [1.807, 2.05) is 26.0 Å². The van der Waals surface area contributed by atoms with Crippen molar-refractivity contribution in [1.29, 1.82) is 0 Å². The maximum Gasteiger partial charge on any atom is 0.163 e. The summed E-state index contributed by atoms with van der Waals surface area (Å²) in [6.45, 7) is 5.89. The Balaban J connectivity index is 0.000000994. The molecular weight excluding hydrogens is 362 g/mol.